The highest BCUT2D eigenvalue weighted by molar-refractivity contribution is 5.77. The predicted molar refractivity (Wildman–Crippen MR) is 68.9 cm³/mol. The first kappa shape index (κ1) is 14.9. The van der Waals surface area contributed by atoms with E-state index in [-0.39, 0.29) is 5.91 Å². The van der Waals surface area contributed by atoms with Crippen LogP contribution in [0.2, 0.25) is 0 Å². The molecule has 1 saturated heterocycles. The number of nitrogens with zero attached hydrogens (tertiary/aromatic N) is 2. The van der Waals surface area contributed by atoms with Gasteiger partial charge in [0.2, 0.25) is 5.91 Å². The summed E-state index contributed by atoms with van der Waals surface area (Å²) in [4.78, 5) is 13.9. The van der Waals surface area contributed by atoms with Crippen molar-refractivity contribution in [3.8, 4) is 6.07 Å². The molecule has 1 rings (SSSR count). The maximum absolute atomic E-state index is 11.8. The Morgan fingerprint density at radius 2 is 2.11 bits per heavy atom. The summed E-state index contributed by atoms with van der Waals surface area (Å²) >= 11 is 0. The van der Waals surface area contributed by atoms with E-state index in [0.717, 1.165) is 19.5 Å². The molecule has 1 N–H and O–H groups in total. The van der Waals surface area contributed by atoms with E-state index in [1.54, 1.807) is 0 Å². The average molecular weight is 253 g/mol. The van der Waals surface area contributed by atoms with Crippen LogP contribution in [0.5, 0.6) is 0 Å². The molecule has 0 bridgehead atoms. The first-order chi connectivity index (χ1) is 8.62. The molecule has 1 aliphatic rings. The summed E-state index contributed by atoms with van der Waals surface area (Å²) in [5.74, 6) is -0.0859. The lowest BCUT2D eigenvalue weighted by Crippen LogP contribution is -2.53. The molecule has 1 aliphatic heterocycles. The predicted octanol–water partition coefficient (Wildman–Crippen LogP) is 0.907. The lowest BCUT2D eigenvalue weighted by atomic mass is 9.89. The molecule has 0 aromatic rings. The Balaban J connectivity index is 2.34. The summed E-state index contributed by atoms with van der Waals surface area (Å²) in [7, 11) is 2.03. The van der Waals surface area contributed by atoms with Crippen molar-refractivity contribution in [1.29, 1.82) is 5.26 Å². The number of carbonyl (C=O) groups is 1. The standard InChI is InChI=1S/C13H23N3O2/c1-3-9-18-10-4-12(17)15-13(11-14)5-7-16(2)8-6-13/h3-10H2,1-2H3,(H,15,17). The highest BCUT2D eigenvalue weighted by Crippen LogP contribution is 2.20. The molecule has 0 aliphatic carbocycles. The zero-order valence-electron chi connectivity index (χ0n) is 11.4. The minimum atomic E-state index is -0.672. The number of likely N-dealkylation sites (tertiary alicyclic amines) is 1. The second kappa shape index (κ2) is 7.34. The molecule has 0 aromatic heterocycles. The van der Waals surface area contributed by atoms with Crippen LogP contribution in [0.3, 0.4) is 0 Å². The summed E-state index contributed by atoms with van der Waals surface area (Å²) in [5, 5.41) is 12.1. The fourth-order valence-electron chi connectivity index (χ4n) is 2.01. The fourth-order valence-corrected chi connectivity index (χ4v) is 2.01. The molecule has 1 amide bonds. The minimum Gasteiger partial charge on any atom is -0.381 e. The van der Waals surface area contributed by atoms with Gasteiger partial charge in [-0.15, -0.1) is 0 Å². The molecule has 18 heavy (non-hydrogen) atoms. The van der Waals surface area contributed by atoms with Gasteiger partial charge in [-0.05, 0) is 26.3 Å². The quantitative estimate of drug-likeness (QED) is 0.714. The molecular formula is C13H23N3O2. The van der Waals surface area contributed by atoms with Crippen molar-refractivity contribution in [2.75, 3.05) is 33.4 Å². The number of rotatable bonds is 6. The van der Waals surface area contributed by atoms with Crippen LogP contribution in [0.1, 0.15) is 32.6 Å². The van der Waals surface area contributed by atoms with Crippen LogP contribution in [0.4, 0.5) is 0 Å². The number of ether oxygens (including phenoxy) is 1. The molecule has 0 aromatic carbocycles. The van der Waals surface area contributed by atoms with Crippen LogP contribution in [0.25, 0.3) is 0 Å². The number of piperidine rings is 1. The Morgan fingerprint density at radius 3 is 2.67 bits per heavy atom. The Kier molecular flexibility index (Phi) is 6.10. The van der Waals surface area contributed by atoms with Crippen LogP contribution in [0, 0.1) is 11.3 Å². The van der Waals surface area contributed by atoms with E-state index in [1.807, 2.05) is 14.0 Å². The van der Waals surface area contributed by atoms with Crippen molar-refractivity contribution >= 4 is 5.91 Å². The highest BCUT2D eigenvalue weighted by Gasteiger charge is 2.34. The second-order valence-corrected chi connectivity index (χ2v) is 4.91. The van der Waals surface area contributed by atoms with Gasteiger partial charge in [0, 0.05) is 19.7 Å². The number of amides is 1. The summed E-state index contributed by atoms with van der Waals surface area (Å²) in [6.45, 7) is 4.84. The zero-order valence-corrected chi connectivity index (χ0v) is 11.4. The van der Waals surface area contributed by atoms with Gasteiger partial charge in [-0.2, -0.15) is 5.26 Å². The summed E-state index contributed by atoms with van der Waals surface area (Å²) < 4.78 is 5.27. The smallest absolute Gasteiger partial charge is 0.223 e. The first-order valence-electron chi connectivity index (χ1n) is 6.60. The van der Waals surface area contributed by atoms with Gasteiger partial charge < -0.3 is 15.0 Å². The van der Waals surface area contributed by atoms with Crippen LogP contribution in [-0.2, 0) is 9.53 Å². The lowest BCUT2D eigenvalue weighted by molar-refractivity contribution is -0.124. The second-order valence-electron chi connectivity index (χ2n) is 4.91. The minimum absolute atomic E-state index is 0.0859. The van der Waals surface area contributed by atoms with Crippen LogP contribution >= 0.6 is 0 Å². The Labute approximate surface area is 109 Å². The molecule has 5 nitrogen and oxygen atoms in total. The van der Waals surface area contributed by atoms with Gasteiger partial charge in [0.15, 0.2) is 0 Å². The largest absolute Gasteiger partial charge is 0.381 e. The highest BCUT2D eigenvalue weighted by atomic mass is 16.5. The van der Waals surface area contributed by atoms with Gasteiger partial charge in [-0.25, -0.2) is 0 Å². The van der Waals surface area contributed by atoms with E-state index >= 15 is 0 Å². The van der Waals surface area contributed by atoms with Crippen molar-refractivity contribution < 1.29 is 9.53 Å². The van der Waals surface area contributed by atoms with Gasteiger partial charge >= 0.3 is 0 Å². The maximum Gasteiger partial charge on any atom is 0.223 e. The summed E-state index contributed by atoms with van der Waals surface area (Å²) in [6, 6.07) is 2.27. The van der Waals surface area contributed by atoms with E-state index < -0.39 is 5.54 Å². The third kappa shape index (κ3) is 4.63. The molecule has 0 unspecified atom stereocenters. The van der Waals surface area contributed by atoms with Crippen molar-refractivity contribution in [3.63, 3.8) is 0 Å². The number of nitriles is 1. The van der Waals surface area contributed by atoms with Gasteiger partial charge in [-0.1, -0.05) is 6.92 Å². The fraction of sp³-hybridized carbons (Fsp3) is 0.846. The van der Waals surface area contributed by atoms with Crippen molar-refractivity contribution in [2.24, 2.45) is 0 Å². The van der Waals surface area contributed by atoms with Crippen LogP contribution in [0.15, 0.2) is 0 Å². The normalized spacial score (nSPS) is 19.2. The Hall–Kier alpha value is -1.12. The Bertz CT molecular complexity index is 304. The van der Waals surface area contributed by atoms with E-state index in [2.05, 4.69) is 16.3 Å². The zero-order chi connectivity index (χ0) is 13.4. The van der Waals surface area contributed by atoms with Gasteiger partial charge in [-0.3, -0.25) is 4.79 Å². The number of carbonyl (C=O) groups excluding carboxylic acids is 1. The number of hydrogen-bond donors (Lipinski definition) is 1. The molecule has 102 valence electrons. The van der Waals surface area contributed by atoms with Crippen molar-refractivity contribution in [3.05, 3.63) is 0 Å². The SMILES string of the molecule is CCCOCCC(=O)NC1(C#N)CCN(C)CC1. The molecule has 0 saturated carbocycles. The van der Waals surface area contributed by atoms with Gasteiger partial charge in [0.25, 0.3) is 0 Å². The topological polar surface area (TPSA) is 65.4 Å². The Morgan fingerprint density at radius 1 is 1.44 bits per heavy atom. The average Bonchev–Trinajstić information content (AvgIpc) is 2.38. The van der Waals surface area contributed by atoms with Gasteiger partial charge in [0.1, 0.15) is 5.54 Å². The third-order valence-electron chi connectivity index (χ3n) is 3.26. The third-order valence-corrected chi connectivity index (χ3v) is 3.26. The molecule has 0 radical (unpaired) electrons. The summed E-state index contributed by atoms with van der Waals surface area (Å²) in [6.07, 6.45) is 2.68. The van der Waals surface area contributed by atoms with Gasteiger partial charge in [0.05, 0.1) is 19.1 Å². The van der Waals surface area contributed by atoms with Crippen molar-refractivity contribution in [1.82, 2.24) is 10.2 Å². The molecule has 0 atom stereocenters. The molecule has 1 heterocycles. The monoisotopic (exact) mass is 253 g/mol. The molecule has 5 heteroatoms. The molecule has 0 spiro atoms. The van der Waals surface area contributed by atoms with E-state index in [1.165, 1.54) is 0 Å². The molecule has 1 fully saturated rings. The maximum atomic E-state index is 11.8. The van der Waals surface area contributed by atoms with E-state index in [9.17, 15) is 10.1 Å². The molecular weight excluding hydrogens is 230 g/mol. The van der Waals surface area contributed by atoms with E-state index in [4.69, 9.17) is 4.74 Å². The number of nitrogens with one attached hydrogen (secondary N) is 1. The van der Waals surface area contributed by atoms with Crippen molar-refractivity contribution in [2.45, 2.75) is 38.1 Å². The summed E-state index contributed by atoms with van der Waals surface area (Å²) in [5.41, 5.74) is -0.672. The first-order valence-corrected chi connectivity index (χ1v) is 6.60. The van der Waals surface area contributed by atoms with Crippen LogP contribution in [-0.4, -0.2) is 49.7 Å². The van der Waals surface area contributed by atoms with E-state index in [0.29, 0.717) is 32.5 Å². The lowest BCUT2D eigenvalue weighted by Gasteiger charge is -2.36. The van der Waals surface area contributed by atoms with Crippen LogP contribution < -0.4 is 5.32 Å². The number of hydrogen-bond acceptors (Lipinski definition) is 4.